The number of rotatable bonds is 9. The van der Waals surface area contributed by atoms with Gasteiger partial charge in [0.15, 0.2) is 11.4 Å². The lowest BCUT2D eigenvalue weighted by molar-refractivity contribution is -0.143. The van der Waals surface area contributed by atoms with Gasteiger partial charge in [0.25, 0.3) is 5.91 Å². The van der Waals surface area contributed by atoms with Crippen molar-refractivity contribution in [3.05, 3.63) is 95.0 Å². The highest BCUT2D eigenvalue weighted by Gasteiger charge is 2.53. The molecular weight excluding hydrogens is 522 g/mol. The SMILES string of the molecule is COc1ccnc(C(=O)NC2(C(=O)OC(C)=C(c3ccc(F)cc3)c3ccc(F)cc3)CC2)c1OC(=O)C(C)C. The Morgan fingerprint density at radius 2 is 1.48 bits per heavy atom. The third-order valence-electron chi connectivity index (χ3n) is 6.33. The number of pyridine rings is 1. The largest absolute Gasteiger partial charge is 0.493 e. The van der Waals surface area contributed by atoms with E-state index in [9.17, 15) is 23.2 Å². The van der Waals surface area contributed by atoms with E-state index in [4.69, 9.17) is 14.2 Å². The van der Waals surface area contributed by atoms with Crippen molar-refractivity contribution in [1.29, 1.82) is 0 Å². The van der Waals surface area contributed by atoms with Crippen molar-refractivity contribution in [2.24, 2.45) is 5.92 Å². The molecule has 1 saturated carbocycles. The number of amides is 1. The predicted octanol–water partition coefficient (Wildman–Crippen LogP) is 5.21. The molecule has 4 rings (SSSR count). The maximum Gasteiger partial charge on any atom is 0.336 e. The molecule has 1 aromatic heterocycles. The van der Waals surface area contributed by atoms with E-state index >= 15 is 0 Å². The number of halogens is 2. The Balaban J connectivity index is 1.61. The van der Waals surface area contributed by atoms with E-state index in [1.807, 2.05) is 0 Å². The van der Waals surface area contributed by atoms with Gasteiger partial charge in [0.05, 0.1) is 13.0 Å². The average Bonchev–Trinajstić information content (AvgIpc) is 3.71. The number of esters is 2. The van der Waals surface area contributed by atoms with Crippen molar-refractivity contribution in [2.45, 2.75) is 39.2 Å². The normalized spacial score (nSPS) is 13.3. The lowest BCUT2D eigenvalue weighted by Gasteiger charge is -2.20. The number of benzene rings is 2. The second-order valence-electron chi connectivity index (χ2n) is 9.64. The van der Waals surface area contributed by atoms with Crippen molar-refractivity contribution < 1.29 is 37.4 Å². The summed E-state index contributed by atoms with van der Waals surface area (Å²) in [6.07, 6.45) is 1.93. The zero-order valence-electron chi connectivity index (χ0n) is 22.4. The Morgan fingerprint density at radius 1 is 0.925 bits per heavy atom. The van der Waals surface area contributed by atoms with Crippen LogP contribution in [0.4, 0.5) is 8.78 Å². The molecule has 10 heteroatoms. The first-order valence-corrected chi connectivity index (χ1v) is 12.6. The number of nitrogens with one attached hydrogen (secondary N) is 1. The lowest BCUT2D eigenvalue weighted by Crippen LogP contribution is -2.44. The Morgan fingerprint density at radius 3 is 1.95 bits per heavy atom. The maximum absolute atomic E-state index is 13.6. The molecule has 0 spiro atoms. The summed E-state index contributed by atoms with van der Waals surface area (Å²) >= 11 is 0. The van der Waals surface area contributed by atoms with Crippen LogP contribution >= 0.6 is 0 Å². The number of nitrogens with zero attached hydrogens (tertiary/aromatic N) is 1. The van der Waals surface area contributed by atoms with Crippen molar-refractivity contribution in [2.75, 3.05) is 7.11 Å². The monoisotopic (exact) mass is 550 g/mol. The van der Waals surface area contributed by atoms with E-state index in [-0.39, 0.29) is 23.0 Å². The van der Waals surface area contributed by atoms with Crippen LogP contribution in [0, 0.1) is 17.6 Å². The third kappa shape index (κ3) is 6.17. The molecule has 0 saturated heterocycles. The molecule has 1 N–H and O–H groups in total. The summed E-state index contributed by atoms with van der Waals surface area (Å²) in [5, 5.41) is 2.67. The molecule has 1 aliphatic carbocycles. The lowest BCUT2D eigenvalue weighted by atomic mass is 9.97. The van der Waals surface area contributed by atoms with Gasteiger partial charge in [-0.3, -0.25) is 9.59 Å². The van der Waals surface area contributed by atoms with Crippen molar-refractivity contribution >= 4 is 23.4 Å². The molecule has 1 heterocycles. The third-order valence-corrected chi connectivity index (χ3v) is 6.33. The average molecular weight is 551 g/mol. The van der Waals surface area contributed by atoms with Gasteiger partial charge in [0, 0.05) is 17.8 Å². The number of methoxy groups -OCH3 is 1. The molecule has 0 unspecified atom stereocenters. The molecule has 1 amide bonds. The number of hydrogen-bond acceptors (Lipinski definition) is 7. The highest BCUT2D eigenvalue weighted by Crippen LogP contribution is 2.39. The van der Waals surface area contributed by atoms with Crippen LogP contribution in [-0.4, -0.2) is 35.5 Å². The van der Waals surface area contributed by atoms with Gasteiger partial charge in [0.1, 0.15) is 22.9 Å². The Bertz CT molecular complexity index is 1420. The van der Waals surface area contributed by atoms with Crippen LogP contribution in [0.3, 0.4) is 0 Å². The number of carbonyl (C=O) groups excluding carboxylic acids is 3. The smallest absolute Gasteiger partial charge is 0.336 e. The summed E-state index contributed by atoms with van der Waals surface area (Å²) in [7, 11) is 1.36. The van der Waals surface area contributed by atoms with E-state index in [1.165, 1.54) is 67.9 Å². The van der Waals surface area contributed by atoms with Gasteiger partial charge >= 0.3 is 11.9 Å². The minimum Gasteiger partial charge on any atom is -0.493 e. The number of ether oxygens (including phenoxy) is 3. The zero-order valence-corrected chi connectivity index (χ0v) is 22.4. The van der Waals surface area contributed by atoms with Crippen LogP contribution in [0.2, 0.25) is 0 Å². The second-order valence-corrected chi connectivity index (χ2v) is 9.64. The van der Waals surface area contributed by atoms with E-state index in [0.29, 0.717) is 29.5 Å². The summed E-state index contributed by atoms with van der Waals surface area (Å²) in [6, 6.07) is 12.6. The number of hydrogen-bond donors (Lipinski definition) is 1. The fourth-order valence-electron chi connectivity index (χ4n) is 3.95. The van der Waals surface area contributed by atoms with Gasteiger partial charge < -0.3 is 19.5 Å². The molecule has 0 radical (unpaired) electrons. The highest BCUT2D eigenvalue weighted by atomic mass is 19.1. The minimum absolute atomic E-state index is 0.128. The van der Waals surface area contributed by atoms with Crippen LogP contribution in [0.15, 0.2) is 66.6 Å². The van der Waals surface area contributed by atoms with Gasteiger partial charge in [-0.1, -0.05) is 38.1 Å². The molecule has 8 nitrogen and oxygen atoms in total. The Hall–Kier alpha value is -4.60. The van der Waals surface area contributed by atoms with E-state index in [0.717, 1.165) is 0 Å². The maximum atomic E-state index is 13.6. The summed E-state index contributed by atoms with van der Waals surface area (Å²) < 4.78 is 43.6. The van der Waals surface area contributed by atoms with Gasteiger partial charge in [-0.15, -0.1) is 0 Å². The molecule has 3 aromatic rings. The number of carbonyl (C=O) groups is 3. The first-order valence-electron chi connectivity index (χ1n) is 12.6. The van der Waals surface area contributed by atoms with E-state index in [2.05, 4.69) is 10.3 Å². The van der Waals surface area contributed by atoms with Crippen LogP contribution in [-0.2, 0) is 14.3 Å². The number of aromatic nitrogens is 1. The van der Waals surface area contributed by atoms with Gasteiger partial charge in [0.2, 0.25) is 5.75 Å². The first kappa shape index (κ1) is 28.4. The molecule has 208 valence electrons. The fourth-order valence-corrected chi connectivity index (χ4v) is 3.95. The van der Waals surface area contributed by atoms with Gasteiger partial charge in [-0.2, -0.15) is 0 Å². The van der Waals surface area contributed by atoms with Gasteiger partial charge in [-0.25, -0.2) is 18.6 Å². The van der Waals surface area contributed by atoms with Crippen molar-refractivity contribution in [1.82, 2.24) is 10.3 Å². The molecule has 0 atom stereocenters. The van der Waals surface area contributed by atoms with Crippen LogP contribution in [0.5, 0.6) is 11.5 Å². The standard InChI is InChI=1S/C30H28F2N2O6/c1-17(2)28(36)40-26-23(38-4)13-16-33-25(26)27(35)34-30(14-15-30)29(37)39-18(3)24(19-5-9-21(31)10-6-19)20-7-11-22(32)12-8-20/h5-13,16-17H,14-15H2,1-4H3,(H,34,35). The molecule has 1 aliphatic rings. The topological polar surface area (TPSA) is 104 Å². The summed E-state index contributed by atoms with van der Waals surface area (Å²) in [5.74, 6) is -3.27. The molecule has 0 aliphatic heterocycles. The van der Waals surface area contributed by atoms with Crippen LogP contribution in [0.25, 0.3) is 5.57 Å². The quantitative estimate of drug-likeness (QED) is 0.288. The molecule has 0 bridgehead atoms. The van der Waals surface area contributed by atoms with Crippen LogP contribution < -0.4 is 14.8 Å². The van der Waals surface area contributed by atoms with E-state index in [1.54, 1.807) is 20.8 Å². The van der Waals surface area contributed by atoms with Gasteiger partial charge in [-0.05, 0) is 55.2 Å². The molecule has 2 aromatic carbocycles. The fraction of sp³-hybridized carbons (Fsp3) is 0.267. The zero-order chi connectivity index (χ0) is 29.0. The molecular formula is C30H28F2N2O6. The van der Waals surface area contributed by atoms with E-state index < -0.39 is 40.9 Å². The number of allylic oxidation sites excluding steroid dienone is 1. The first-order chi connectivity index (χ1) is 19.0. The predicted molar refractivity (Wildman–Crippen MR) is 141 cm³/mol. The highest BCUT2D eigenvalue weighted by molar-refractivity contribution is 6.01. The summed E-state index contributed by atoms with van der Waals surface area (Å²) in [6.45, 7) is 4.84. The Labute approximate surface area is 230 Å². The van der Waals surface area contributed by atoms with Crippen LogP contribution in [0.1, 0.15) is 55.2 Å². The minimum atomic E-state index is -1.33. The summed E-state index contributed by atoms with van der Waals surface area (Å²) in [4.78, 5) is 42.9. The Kier molecular flexibility index (Phi) is 8.27. The van der Waals surface area contributed by atoms with Crippen molar-refractivity contribution in [3.63, 3.8) is 0 Å². The van der Waals surface area contributed by atoms with Crippen molar-refractivity contribution in [3.8, 4) is 11.5 Å². The molecule has 1 fully saturated rings. The summed E-state index contributed by atoms with van der Waals surface area (Å²) in [5.41, 5.74) is -0.0151. The molecule has 40 heavy (non-hydrogen) atoms. The second kappa shape index (κ2) is 11.6.